The molecule has 1 amide bonds. The highest BCUT2D eigenvalue weighted by Crippen LogP contribution is 2.25. The van der Waals surface area contributed by atoms with Crippen LogP contribution in [0.4, 0.5) is 0 Å². The molecule has 3 nitrogen and oxygen atoms in total. The Kier molecular flexibility index (Phi) is 3.72. The molecule has 1 rings (SSSR count). The first-order valence-electron chi connectivity index (χ1n) is 4.99. The minimum atomic E-state index is 0.0191. The quantitative estimate of drug-likeness (QED) is 0.717. The predicted octanol–water partition coefficient (Wildman–Crippen LogP) is 1.33. The van der Waals surface area contributed by atoms with Crippen LogP contribution in [0.1, 0.15) is 33.6 Å². The summed E-state index contributed by atoms with van der Waals surface area (Å²) in [6, 6.07) is 0.401. The van der Waals surface area contributed by atoms with E-state index in [0.717, 1.165) is 18.8 Å². The molecule has 0 aromatic carbocycles. The zero-order chi connectivity index (χ0) is 9.84. The fraction of sp³-hybridized carbons (Fsp3) is 0.900. The van der Waals surface area contributed by atoms with Crippen LogP contribution >= 0.6 is 0 Å². The van der Waals surface area contributed by atoms with Crippen molar-refractivity contribution < 1.29 is 9.53 Å². The maximum Gasteiger partial charge on any atom is 0.246 e. The SMILES string of the molecule is CC1CC(NC(=O)COC(C)C)C1. The van der Waals surface area contributed by atoms with E-state index in [-0.39, 0.29) is 18.6 Å². The summed E-state index contributed by atoms with van der Waals surface area (Å²) in [5, 5.41) is 2.94. The van der Waals surface area contributed by atoms with E-state index in [1.165, 1.54) is 0 Å². The third-order valence-corrected chi connectivity index (χ3v) is 2.29. The minimum Gasteiger partial charge on any atom is -0.369 e. The van der Waals surface area contributed by atoms with E-state index in [9.17, 15) is 4.79 Å². The molecule has 1 aliphatic rings. The summed E-state index contributed by atoms with van der Waals surface area (Å²) in [6.45, 7) is 6.26. The zero-order valence-corrected chi connectivity index (χ0v) is 8.67. The first-order chi connectivity index (χ1) is 6.08. The highest BCUT2D eigenvalue weighted by molar-refractivity contribution is 5.77. The Morgan fingerprint density at radius 1 is 1.54 bits per heavy atom. The van der Waals surface area contributed by atoms with Gasteiger partial charge in [0.25, 0.3) is 0 Å². The normalized spacial score (nSPS) is 27.1. The molecule has 0 bridgehead atoms. The second-order valence-corrected chi connectivity index (χ2v) is 4.20. The van der Waals surface area contributed by atoms with Crippen molar-refractivity contribution in [1.82, 2.24) is 5.32 Å². The maximum absolute atomic E-state index is 11.2. The van der Waals surface area contributed by atoms with Gasteiger partial charge in [-0.05, 0) is 32.6 Å². The lowest BCUT2D eigenvalue weighted by molar-refractivity contribution is -0.128. The average Bonchev–Trinajstić information content (AvgIpc) is 1.98. The number of carbonyl (C=O) groups is 1. The minimum absolute atomic E-state index is 0.0191. The van der Waals surface area contributed by atoms with Crippen molar-refractivity contribution in [2.24, 2.45) is 5.92 Å². The molecule has 3 heteroatoms. The van der Waals surface area contributed by atoms with Crippen molar-refractivity contribution in [2.75, 3.05) is 6.61 Å². The zero-order valence-electron chi connectivity index (χ0n) is 8.67. The van der Waals surface area contributed by atoms with E-state index in [2.05, 4.69) is 12.2 Å². The van der Waals surface area contributed by atoms with Gasteiger partial charge in [-0.15, -0.1) is 0 Å². The molecule has 76 valence electrons. The summed E-state index contributed by atoms with van der Waals surface area (Å²) in [4.78, 5) is 11.2. The van der Waals surface area contributed by atoms with Crippen LogP contribution in [0.5, 0.6) is 0 Å². The van der Waals surface area contributed by atoms with Crippen molar-refractivity contribution in [3.63, 3.8) is 0 Å². The third kappa shape index (κ3) is 3.77. The number of amides is 1. The van der Waals surface area contributed by atoms with Gasteiger partial charge in [0.1, 0.15) is 6.61 Å². The molecule has 0 radical (unpaired) electrons. The molecule has 13 heavy (non-hydrogen) atoms. The molecular formula is C10H19NO2. The molecule has 0 atom stereocenters. The van der Waals surface area contributed by atoms with E-state index in [0.29, 0.717) is 6.04 Å². The van der Waals surface area contributed by atoms with E-state index in [1.807, 2.05) is 13.8 Å². The van der Waals surface area contributed by atoms with Crippen LogP contribution < -0.4 is 5.32 Å². The standard InChI is InChI=1S/C10H19NO2/c1-7(2)13-6-10(12)11-9-4-8(3)5-9/h7-9H,4-6H2,1-3H3,(H,11,12). The molecule has 0 aromatic heterocycles. The molecule has 1 fully saturated rings. The van der Waals surface area contributed by atoms with Crippen molar-refractivity contribution in [3.8, 4) is 0 Å². The number of carbonyl (C=O) groups excluding carboxylic acids is 1. The van der Waals surface area contributed by atoms with Gasteiger partial charge in [0.05, 0.1) is 6.10 Å². The fourth-order valence-corrected chi connectivity index (χ4v) is 1.53. The Balaban J connectivity index is 2.05. The number of ether oxygens (including phenoxy) is 1. The van der Waals surface area contributed by atoms with Gasteiger partial charge in [0.2, 0.25) is 5.91 Å². The Bertz CT molecular complexity index is 174. The summed E-state index contributed by atoms with van der Waals surface area (Å²) >= 11 is 0. The van der Waals surface area contributed by atoms with Crippen LogP contribution in [0.25, 0.3) is 0 Å². The Morgan fingerprint density at radius 3 is 2.62 bits per heavy atom. The van der Waals surface area contributed by atoms with Crippen LogP contribution in [0.2, 0.25) is 0 Å². The van der Waals surface area contributed by atoms with Crippen molar-refractivity contribution in [3.05, 3.63) is 0 Å². The smallest absolute Gasteiger partial charge is 0.246 e. The topological polar surface area (TPSA) is 38.3 Å². The second kappa shape index (κ2) is 4.61. The van der Waals surface area contributed by atoms with Crippen molar-refractivity contribution >= 4 is 5.91 Å². The number of rotatable bonds is 4. The van der Waals surface area contributed by atoms with Crippen LogP contribution in [-0.4, -0.2) is 24.7 Å². The average molecular weight is 185 g/mol. The molecule has 1 saturated carbocycles. The molecule has 0 spiro atoms. The van der Waals surface area contributed by atoms with Gasteiger partial charge in [-0.1, -0.05) is 6.92 Å². The van der Waals surface area contributed by atoms with Gasteiger partial charge in [0, 0.05) is 6.04 Å². The number of nitrogens with one attached hydrogen (secondary N) is 1. The molecule has 0 unspecified atom stereocenters. The van der Waals surface area contributed by atoms with Crippen LogP contribution in [0, 0.1) is 5.92 Å². The summed E-state index contributed by atoms with van der Waals surface area (Å²) in [7, 11) is 0. The third-order valence-electron chi connectivity index (χ3n) is 2.29. The van der Waals surface area contributed by atoms with Gasteiger partial charge < -0.3 is 10.1 Å². The molecule has 0 aromatic rings. The number of hydrogen-bond acceptors (Lipinski definition) is 2. The highest BCUT2D eigenvalue weighted by atomic mass is 16.5. The van der Waals surface area contributed by atoms with Gasteiger partial charge in [-0.3, -0.25) is 4.79 Å². The van der Waals surface area contributed by atoms with Crippen LogP contribution in [0.3, 0.4) is 0 Å². The lowest BCUT2D eigenvalue weighted by Crippen LogP contribution is -2.45. The molecule has 1 aliphatic carbocycles. The lowest BCUT2D eigenvalue weighted by Gasteiger charge is -2.33. The van der Waals surface area contributed by atoms with Crippen LogP contribution in [0.15, 0.2) is 0 Å². The second-order valence-electron chi connectivity index (χ2n) is 4.20. The van der Waals surface area contributed by atoms with E-state index in [4.69, 9.17) is 4.74 Å². The summed E-state index contributed by atoms with van der Waals surface area (Å²) in [5.74, 6) is 0.793. The van der Waals surface area contributed by atoms with E-state index < -0.39 is 0 Å². The first kappa shape index (κ1) is 10.5. The number of hydrogen-bond donors (Lipinski definition) is 1. The van der Waals surface area contributed by atoms with Gasteiger partial charge >= 0.3 is 0 Å². The van der Waals surface area contributed by atoms with E-state index in [1.54, 1.807) is 0 Å². The summed E-state index contributed by atoms with van der Waals surface area (Å²) in [6.07, 6.45) is 2.37. The summed E-state index contributed by atoms with van der Waals surface area (Å²) in [5.41, 5.74) is 0. The van der Waals surface area contributed by atoms with Gasteiger partial charge in [-0.25, -0.2) is 0 Å². The van der Waals surface area contributed by atoms with Crippen molar-refractivity contribution in [2.45, 2.75) is 45.8 Å². The molecule has 0 heterocycles. The molecule has 1 N–H and O–H groups in total. The van der Waals surface area contributed by atoms with Gasteiger partial charge in [-0.2, -0.15) is 0 Å². The van der Waals surface area contributed by atoms with E-state index >= 15 is 0 Å². The Hall–Kier alpha value is -0.570. The largest absolute Gasteiger partial charge is 0.369 e. The predicted molar refractivity (Wildman–Crippen MR) is 51.4 cm³/mol. The monoisotopic (exact) mass is 185 g/mol. The Labute approximate surface area is 79.8 Å². The maximum atomic E-state index is 11.2. The van der Waals surface area contributed by atoms with Crippen LogP contribution in [-0.2, 0) is 9.53 Å². The molecular weight excluding hydrogens is 166 g/mol. The fourth-order valence-electron chi connectivity index (χ4n) is 1.53. The first-order valence-corrected chi connectivity index (χ1v) is 4.99. The summed E-state index contributed by atoms with van der Waals surface area (Å²) < 4.78 is 5.19. The molecule has 0 aliphatic heterocycles. The highest BCUT2D eigenvalue weighted by Gasteiger charge is 2.26. The van der Waals surface area contributed by atoms with Gasteiger partial charge in [0.15, 0.2) is 0 Å². The lowest BCUT2D eigenvalue weighted by atomic mass is 9.82. The van der Waals surface area contributed by atoms with Crippen molar-refractivity contribution in [1.29, 1.82) is 0 Å². The Morgan fingerprint density at radius 2 is 2.15 bits per heavy atom. The molecule has 0 saturated heterocycles.